The summed E-state index contributed by atoms with van der Waals surface area (Å²) in [5.41, 5.74) is -0.819. The molecular formula is C12H23N3O5S. The van der Waals surface area contributed by atoms with Crippen molar-refractivity contribution in [2.75, 3.05) is 25.9 Å². The molecule has 1 saturated heterocycles. The summed E-state index contributed by atoms with van der Waals surface area (Å²) < 4.78 is 24.8. The normalized spacial score (nSPS) is 23.1. The Kier molecular flexibility index (Phi) is 5.21. The number of carboxylic acid groups (broad SMARTS) is 1. The van der Waals surface area contributed by atoms with Crippen LogP contribution < -0.4 is 10.0 Å². The lowest BCUT2D eigenvalue weighted by atomic mass is 9.99. The van der Waals surface area contributed by atoms with Crippen LogP contribution in [-0.2, 0) is 14.8 Å². The predicted octanol–water partition coefficient (Wildman–Crippen LogP) is -0.324. The van der Waals surface area contributed by atoms with Crippen molar-refractivity contribution in [2.45, 2.75) is 26.3 Å². The van der Waals surface area contributed by atoms with Gasteiger partial charge in [0, 0.05) is 25.2 Å². The van der Waals surface area contributed by atoms with Gasteiger partial charge in [-0.2, -0.15) is 0 Å². The van der Waals surface area contributed by atoms with Crippen molar-refractivity contribution in [1.82, 2.24) is 14.9 Å². The Balaban J connectivity index is 2.54. The summed E-state index contributed by atoms with van der Waals surface area (Å²) in [6.07, 6.45) is 1.05. The number of aliphatic carboxylic acids is 1. The maximum Gasteiger partial charge on any atom is 0.317 e. The molecule has 1 aliphatic rings. The Bertz CT molecular complexity index is 517. The molecule has 1 heterocycles. The molecule has 0 saturated carbocycles. The fourth-order valence-corrected chi connectivity index (χ4v) is 3.48. The summed E-state index contributed by atoms with van der Waals surface area (Å²) in [6.45, 7) is 5.76. The first-order chi connectivity index (χ1) is 9.41. The van der Waals surface area contributed by atoms with Gasteiger partial charge in [0.15, 0.2) is 0 Å². The van der Waals surface area contributed by atoms with Gasteiger partial charge in [-0.05, 0) is 19.8 Å². The molecule has 0 aromatic heterocycles. The molecule has 3 N–H and O–H groups in total. The number of hydrogen-bond donors (Lipinski definition) is 3. The smallest absolute Gasteiger partial charge is 0.317 e. The highest BCUT2D eigenvalue weighted by atomic mass is 32.2. The van der Waals surface area contributed by atoms with Crippen molar-refractivity contribution in [3.63, 3.8) is 0 Å². The van der Waals surface area contributed by atoms with Gasteiger partial charge >= 0.3 is 12.0 Å². The van der Waals surface area contributed by atoms with Crippen LogP contribution in [-0.4, -0.2) is 61.9 Å². The number of carboxylic acids is 1. The van der Waals surface area contributed by atoms with Gasteiger partial charge in [0.1, 0.15) is 0 Å². The van der Waals surface area contributed by atoms with Crippen LogP contribution in [0.5, 0.6) is 0 Å². The molecule has 0 bridgehead atoms. The van der Waals surface area contributed by atoms with Crippen LogP contribution in [0.15, 0.2) is 0 Å². The minimum Gasteiger partial charge on any atom is -0.481 e. The molecule has 0 spiro atoms. The first-order valence-electron chi connectivity index (χ1n) is 6.66. The zero-order valence-corrected chi connectivity index (χ0v) is 13.5. The molecule has 1 rings (SSSR count). The molecule has 8 nitrogen and oxygen atoms in total. The second-order valence-electron chi connectivity index (χ2n) is 6.24. The molecular weight excluding hydrogens is 298 g/mol. The van der Waals surface area contributed by atoms with Gasteiger partial charge in [0.05, 0.1) is 12.2 Å². The summed E-state index contributed by atoms with van der Waals surface area (Å²) in [7, 11) is -3.37. The topological polar surface area (TPSA) is 116 Å². The van der Waals surface area contributed by atoms with Gasteiger partial charge < -0.3 is 15.3 Å². The number of nitrogens with one attached hydrogen (secondary N) is 2. The summed E-state index contributed by atoms with van der Waals surface area (Å²) in [5, 5.41) is 11.7. The van der Waals surface area contributed by atoms with E-state index in [4.69, 9.17) is 5.11 Å². The third-order valence-corrected chi connectivity index (χ3v) is 4.28. The molecule has 122 valence electrons. The highest BCUT2D eigenvalue weighted by molar-refractivity contribution is 7.88. The molecule has 1 aliphatic heterocycles. The highest BCUT2D eigenvalue weighted by Crippen LogP contribution is 2.23. The van der Waals surface area contributed by atoms with Gasteiger partial charge in [0.2, 0.25) is 10.0 Å². The maximum atomic E-state index is 12.0. The van der Waals surface area contributed by atoms with Crippen molar-refractivity contribution < 1.29 is 23.1 Å². The summed E-state index contributed by atoms with van der Waals surface area (Å²) in [4.78, 5) is 24.5. The van der Waals surface area contributed by atoms with Crippen LogP contribution >= 0.6 is 0 Å². The lowest BCUT2D eigenvalue weighted by Gasteiger charge is -2.27. The molecule has 2 unspecified atom stereocenters. The predicted molar refractivity (Wildman–Crippen MR) is 77.3 cm³/mol. The molecule has 0 aromatic rings. The molecule has 0 aliphatic carbocycles. The Hall–Kier alpha value is -1.35. The van der Waals surface area contributed by atoms with Gasteiger partial charge in [-0.15, -0.1) is 0 Å². The molecule has 0 radical (unpaired) electrons. The third-order valence-electron chi connectivity index (χ3n) is 3.36. The largest absolute Gasteiger partial charge is 0.481 e. The van der Waals surface area contributed by atoms with E-state index in [2.05, 4.69) is 10.0 Å². The standard InChI is InChI=1S/C12H23N3O5S/c1-8-5-15(6-9(8)10(16)17)11(18)13-7-12(2,3)14-21(4,19)20/h8-9,14H,5-7H2,1-4H3,(H,13,18)(H,16,17). The number of urea groups is 1. The number of rotatable bonds is 5. The average molecular weight is 321 g/mol. The third kappa shape index (κ3) is 5.50. The zero-order valence-electron chi connectivity index (χ0n) is 12.7. The van der Waals surface area contributed by atoms with E-state index < -0.39 is 27.4 Å². The van der Waals surface area contributed by atoms with Gasteiger partial charge in [-0.3, -0.25) is 4.79 Å². The lowest BCUT2D eigenvalue weighted by molar-refractivity contribution is -0.142. The second kappa shape index (κ2) is 6.18. The molecule has 2 atom stereocenters. The van der Waals surface area contributed by atoms with E-state index in [0.29, 0.717) is 6.54 Å². The first kappa shape index (κ1) is 17.7. The van der Waals surface area contributed by atoms with Crippen molar-refractivity contribution in [3.05, 3.63) is 0 Å². The minimum absolute atomic E-state index is 0.101. The van der Waals surface area contributed by atoms with Crippen LogP contribution in [0.2, 0.25) is 0 Å². The molecule has 2 amide bonds. The van der Waals surface area contributed by atoms with Crippen LogP contribution in [0.1, 0.15) is 20.8 Å². The fourth-order valence-electron chi connectivity index (χ4n) is 2.40. The van der Waals surface area contributed by atoms with Crippen LogP contribution in [0.3, 0.4) is 0 Å². The van der Waals surface area contributed by atoms with Crippen molar-refractivity contribution in [3.8, 4) is 0 Å². The SMILES string of the molecule is CC1CN(C(=O)NCC(C)(C)NS(C)(=O)=O)CC1C(=O)O. The number of likely N-dealkylation sites (tertiary alicyclic amines) is 1. The Morgan fingerprint density at radius 2 is 1.90 bits per heavy atom. The summed E-state index contributed by atoms with van der Waals surface area (Å²) in [6, 6.07) is -0.381. The maximum absolute atomic E-state index is 12.0. The van der Waals surface area contributed by atoms with Crippen LogP contribution in [0, 0.1) is 11.8 Å². The molecule has 0 aromatic carbocycles. The summed E-state index contributed by atoms with van der Waals surface area (Å²) >= 11 is 0. The van der Waals surface area contributed by atoms with Crippen LogP contribution in [0.4, 0.5) is 4.79 Å². The summed E-state index contributed by atoms with van der Waals surface area (Å²) in [5.74, 6) is -1.56. The highest BCUT2D eigenvalue weighted by Gasteiger charge is 2.37. The van der Waals surface area contributed by atoms with Gasteiger partial charge in [-0.1, -0.05) is 6.92 Å². The van der Waals surface area contributed by atoms with Crippen molar-refractivity contribution in [2.24, 2.45) is 11.8 Å². The van der Waals surface area contributed by atoms with E-state index in [1.165, 1.54) is 4.90 Å². The van der Waals surface area contributed by atoms with Gasteiger partial charge in [0.25, 0.3) is 0 Å². The van der Waals surface area contributed by atoms with Crippen molar-refractivity contribution >= 4 is 22.0 Å². The second-order valence-corrected chi connectivity index (χ2v) is 7.99. The zero-order chi connectivity index (χ0) is 16.4. The number of amides is 2. The minimum atomic E-state index is -3.37. The number of sulfonamides is 1. The molecule has 9 heteroatoms. The van der Waals surface area contributed by atoms with E-state index in [9.17, 15) is 18.0 Å². The lowest BCUT2D eigenvalue weighted by Crippen LogP contribution is -2.53. The van der Waals surface area contributed by atoms with E-state index in [1.807, 2.05) is 0 Å². The molecule has 1 fully saturated rings. The Morgan fingerprint density at radius 1 is 1.33 bits per heavy atom. The number of carbonyl (C=O) groups is 2. The van der Waals surface area contributed by atoms with E-state index >= 15 is 0 Å². The quantitative estimate of drug-likeness (QED) is 0.641. The van der Waals surface area contributed by atoms with Gasteiger partial charge in [-0.25, -0.2) is 17.9 Å². The fraction of sp³-hybridized carbons (Fsp3) is 0.833. The average Bonchev–Trinajstić information content (AvgIpc) is 2.65. The molecule has 21 heavy (non-hydrogen) atoms. The van der Waals surface area contributed by atoms with E-state index in [1.54, 1.807) is 20.8 Å². The van der Waals surface area contributed by atoms with E-state index in [-0.39, 0.29) is 25.0 Å². The Labute approximate surface area is 124 Å². The number of hydrogen-bond acceptors (Lipinski definition) is 4. The monoisotopic (exact) mass is 321 g/mol. The van der Waals surface area contributed by atoms with Crippen LogP contribution in [0.25, 0.3) is 0 Å². The number of carbonyl (C=O) groups excluding carboxylic acids is 1. The first-order valence-corrected chi connectivity index (χ1v) is 8.55. The number of nitrogens with zero attached hydrogens (tertiary/aromatic N) is 1. The van der Waals surface area contributed by atoms with Crippen molar-refractivity contribution in [1.29, 1.82) is 0 Å². The van der Waals surface area contributed by atoms with E-state index in [0.717, 1.165) is 6.26 Å². The Morgan fingerprint density at radius 3 is 2.33 bits per heavy atom.